The Labute approximate surface area is 122 Å². The van der Waals surface area contributed by atoms with Crippen molar-refractivity contribution in [2.24, 2.45) is 0 Å². The molecular formula is C13H25ClIN. The summed E-state index contributed by atoms with van der Waals surface area (Å²) in [6, 6.07) is 0. The van der Waals surface area contributed by atoms with E-state index in [-0.39, 0.29) is 12.4 Å². The van der Waals surface area contributed by atoms with Crippen molar-refractivity contribution in [3.8, 4) is 12.3 Å². The molecule has 0 spiro atoms. The summed E-state index contributed by atoms with van der Waals surface area (Å²) in [5.74, 6) is 2.88. The van der Waals surface area contributed by atoms with E-state index in [0.29, 0.717) is 4.05 Å². The van der Waals surface area contributed by atoms with Gasteiger partial charge >= 0.3 is 0 Å². The molecule has 0 bridgehead atoms. The van der Waals surface area contributed by atoms with Gasteiger partial charge in [-0.05, 0) is 47.8 Å². The van der Waals surface area contributed by atoms with Crippen molar-refractivity contribution < 1.29 is 16.9 Å². The Kier molecular flexibility index (Phi) is 12.6. The third-order valence-corrected chi connectivity index (χ3v) is 4.67. The van der Waals surface area contributed by atoms with E-state index in [4.69, 9.17) is 6.42 Å². The Hall–Kier alpha value is 0.540. The molecule has 1 atom stereocenters. The zero-order chi connectivity index (χ0) is 11.7. The van der Waals surface area contributed by atoms with Gasteiger partial charge in [-0.25, -0.2) is 0 Å². The van der Waals surface area contributed by atoms with E-state index in [1.54, 1.807) is 0 Å². The standard InChI is InChI=1S/C13H25IN.ClH/c1-5-9-13(14)15(10-6-2,11-7-3)12-8-4;/h2,13H,5,7-12H2,1,3-4H3;1H/q+1;/p-1. The highest BCUT2D eigenvalue weighted by Gasteiger charge is 2.31. The van der Waals surface area contributed by atoms with E-state index < -0.39 is 0 Å². The SMILES string of the molecule is C#CC[N+](CCC)(CCC)C(I)CCC.[Cl-]. The number of halogens is 2. The average Bonchev–Trinajstić information content (AvgIpc) is 2.19. The van der Waals surface area contributed by atoms with Crippen LogP contribution in [0.25, 0.3) is 0 Å². The fourth-order valence-electron chi connectivity index (χ4n) is 2.23. The minimum atomic E-state index is 0. The van der Waals surface area contributed by atoms with Gasteiger partial charge in [-0.3, -0.25) is 0 Å². The summed E-state index contributed by atoms with van der Waals surface area (Å²) < 4.78 is 1.81. The summed E-state index contributed by atoms with van der Waals surface area (Å²) in [6.07, 6.45) is 10.5. The molecule has 0 aromatic carbocycles. The van der Waals surface area contributed by atoms with Crippen molar-refractivity contribution in [3.63, 3.8) is 0 Å². The van der Waals surface area contributed by atoms with Crippen LogP contribution in [0.15, 0.2) is 0 Å². The Morgan fingerprint density at radius 1 is 1.12 bits per heavy atom. The van der Waals surface area contributed by atoms with E-state index in [1.165, 1.54) is 38.8 Å². The fourth-order valence-corrected chi connectivity index (χ4v) is 3.61. The lowest BCUT2D eigenvalue weighted by molar-refractivity contribution is -0.927. The maximum atomic E-state index is 5.54. The monoisotopic (exact) mass is 357 g/mol. The van der Waals surface area contributed by atoms with Crippen LogP contribution >= 0.6 is 22.6 Å². The van der Waals surface area contributed by atoms with Gasteiger partial charge < -0.3 is 16.9 Å². The smallest absolute Gasteiger partial charge is 0.141 e. The van der Waals surface area contributed by atoms with Crippen molar-refractivity contribution in [1.29, 1.82) is 0 Å². The molecule has 1 unspecified atom stereocenters. The van der Waals surface area contributed by atoms with Crippen LogP contribution in [0.5, 0.6) is 0 Å². The Balaban J connectivity index is 0. The first-order chi connectivity index (χ1) is 7.16. The van der Waals surface area contributed by atoms with E-state index in [2.05, 4.69) is 49.3 Å². The summed E-state index contributed by atoms with van der Waals surface area (Å²) >= 11 is 2.60. The predicted octanol–water partition coefficient (Wildman–Crippen LogP) is 0.822. The van der Waals surface area contributed by atoms with Gasteiger partial charge in [0.25, 0.3) is 0 Å². The maximum absolute atomic E-state index is 5.54. The normalized spacial score (nSPS) is 12.7. The van der Waals surface area contributed by atoms with Crippen LogP contribution in [0.1, 0.15) is 46.5 Å². The molecule has 0 amide bonds. The molecular weight excluding hydrogens is 333 g/mol. The molecule has 0 saturated carbocycles. The summed E-state index contributed by atoms with van der Waals surface area (Å²) in [6.45, 7) is 10.1. The molecule has 16 heavy (non-hydrogen) atoms. The first-order valence-corrected chi connectivity index (χ1v) is 7.34. The number of quaternary nitrogens is 1. The fraction of sp³-hybridized carbons (Fsp3) is 0.846. The van der Waals surface area contributed by atoms with Gasteiger partial charge in [-0.1, -0.05) is 20.8 Å². The van der Waals surface area contributed by atoms with Crippen LogP contribution in [0.2, 0.25) is 0 Å². The number of hydrogen-bond donors (Lipinski definition) is 0. The summed E-state index contributed by atoms with van der Waals surface area (Å²) in [7, 11) is 0. The molecule has 1 nitrogen and oxygen atoms in total. The van der Waals surface area contributed by atoms with Crippen LogP contribution in [-0.4, -0.2) is 28.2 Å². The van der Waals surface area contributed by atoms with E-state index in [0.717, 1.165) is 11.0 Å². The predicted molar refractivity (Wildman–Crippen MR) is 77.0 cm³/mol. The van der Waals surface area contributed by atoms with Crippen LogP contribution in [0, 0.1) is 12.3 Å². The van der Waals surface area contributed by atoms with Crippen LogP contribution < -0.4 is 12.4 Å². The average molecular weight is 358 g/mol. The highest BCUT2D eigenvalue weighted by atomic mass is 127. The highest BCUT2D eigenvalue weighted by Crippen LogP contribution is 2.25. The molecule has 96 valence electrons. The van der Waals surface area contributed by atoms with Crippen molar-refractivity contribution >= 4 is 22.6 Å². The zero-order valence-electron chi connectivity index (χ0n) is 10.8. The van der Waals surface area contributed by atoms with Gasteiger partial charge in [0.1, 0.15) is 10.6 Å². The lowest BCUT2D eigenvalue weighted by Gasteiger charge is -2.41. The van der Waals surface area contributed by atoms with Crippen molar-refractivity contribution in [1.82, 2.24) is 0 Å². The molecule has 0 fully saturated rings. The molecule has 0 aliphatic heterocycles. The molecule has 0 aromatic heterocycles. The Bertz CT molecular complexity index is 195. The molecule has 0 heterocycles. The zero-order valence-corrected chi connectivity index (χ0v) is 13.7. The van der Waals surface area contributed by atoms with E-state index >= 15 is 0 Å². The lowest BCUT2D eigenvalue weighted by atomic mass is 10.2. The second kappa shape index (κ2) is 10.7. The molecule has 0 radical (unpaired) electrons. The number of rotatable bonds is 8. The minimum Gasteiger partial charge on any atom is -1.00 e. The number of terminal acetylenes is 1. The number of alkyl halides is 1. The van der Waals surface area contributed by atoms with Gasteiger partial charge in [-0.2, -0.15) is 0 Å². The molecule has 0 aliphatic carbocycles. The summed E-state index contributed by atoms with van der Waals surface area (Å²) in [5, 5.41) is 0. The van der Waals surface area contributed by atoms with Gasteiger partial charge in [0.05, 0.1) is 13.1 Å². The maximum Gasteiger partial charge on any atom is 0.141 e. The molecule has 0 N–H and O–H groups in total. The van der Waals surface area contributed by atoms with Crippen molar-refractivity contribution in [2.45, 2.75) is 50.5 Å². The summed E-state index contributed by atoms with van der Waals surface area (Å²) in [5.41, 5.74) is 0. The van der Waals surface area contributed by atoms with Crippen LogP contribution in [0.4, 0.5) is 0 Å². The second-order valence-corrected chi connectivity index (χ2v) is 5.69. The molecule has 0 aliphatic rings. The van der Waals surface area contributed by atoms with Gasteiger partial charge in [0.15, 0.2) is 0 Å². The molecule has 0 saturated heterocycles. The van der Waals surface area contributed by atoms with Crippen LogP contribution in [-0.2, 0) is 0 Å². The molecule has 3 heteroatoms. The van der Waals surface area contributed by atoms with E-state index in [1.807, 2.05) is 0 Å². The Morgan fingerprint density at radius 2 is 1.62 bits per heavy atom. The van der Waals surface area contributed by atoms with E-state index in [9.17, 15) is 0 Å². The molecule has 0 rings (SSSR count). The quantitative estimate of drug-likeness (QED) is 0.198. The van der Waals surface area contributed by atoms with Crippen LogP contribution in [0.3, 0.4) is 0 Å². The largest absolute Gasteiger partial charge is 1.00 e. The molecule has 0 aromatic rings. The highest BCUT2D eigenvalue weighted by molar-refractivity contribution is 14.1. The first kappa shape index (κ1) is 18.9. The van der Waals surface area contributed by atoms with Crippen molar-refractivity contribution in [2.75, 3.05) is 19.6 Å². The first-order valence-electron chi connectivity index (χ1n) is 6.10. The minimum absolute atomic E-state index is 0. The van der Waals surface area contributed by atoms with Gasteiger partial charge in [0.2, 0.25) is 0 Å². The number of hydrogen-bond acceptors (Lipinski definition) is 0. The lowest BCUT2D eigenvalue weighted by Crippen LogP contribution is -3.00. The third kappa shape index (κ3) is 5.75. The number of nitrogens with zero attached hydrogens (tertiary/aromatic N) is 1. The topological polar surface area (TPSA) is 0 Å². The van der Waals surface area contributed by atoms with Gasteiger partial charge in [-0.15, -0.1) is 6.42 Å². The summed E-state index contributed by atoms with van der Waals surface area (Å²) in [4.78, 5) is 0. The Morgan fingerprint density at radius 3 is 1.94 bits per heavy atom. The third-order valence-electron chi connectivity index (χ3n) is 2.87. The van der Waals surface area contributed by atoms with Gasteiger partial charge in [0, 0.05) is 6.42 Å². The van der Waals surface area contributed by atoms with Crippen molar-refractivity contribution in [3.05, 3.63) is 0 Å². The second-order valence-electron chi connectivity index (χ2n) is 4.25.